The number of nitrogens with zero attached hydrogens (tertiary/aromatic N) is 5. The average molecular weight is 668 g/mol. The summed E-state index contributed by atoms with van der Waals surface area (Å²) in [4.78, 5) is 35.5. The molecule has 9 heteroatoms. The van der Waals surface area contributed by atoms with E-state index in [0.29, 0.717) is 57.1 Å². The minimum absolute atomic E-state index is 0.0734. The van der Waals surface area contributed by atoms with E-state index in [1.807, 2.05) is 28.0 Å². The van der Waals surface area contributed by atoms with E-state index in [1.54, 1.807) is 0 Å². The van der Waals surface area contributed by atoms with Crippen LogP contribution < -0.4 is 4.90 Å². The smallest absolute Gasteiger partial charge is 0.410 e. The Morgan fingerprint density at radius 3 is 2.20 bits per heavy atom. The molecule has 49 heavy (non-hydrogen) atoms. The molecule has 1 aliphatic heterocycles. The minimum Gasteiger partial charge on any atom is -0.446 e. The molecule has 9 nitrogen and oxygen atoms in total. The number of carbonyl (C=O) groups excluding carboxylic acids is 2. The van der Waals surface area contributed by atoms with Crippen LogP contribution in [0.25, 0.3) is 11.1 Å². The predicted molar refractivity (Wildman–Crippen MR) is 190 cm³/mol. The van der Waals surface area contributed by atoms with Gasteiger partial charge in [0.05, 0.1) is 25.4 Å². The summed E-state index contributed by atoms with van der Waals surface area (Å²) in [6.07, 6.45) is 14.3. The van der Waals surface area contributed by atoms with Crippen LogP contribution in [0.3, 0.4) is 0 Å². The molecule has 4 aliphatic carbocycles. The third-order valence-corrected chi connectivity index (χ3v) is 12.2. The average Bonchev–Trinajstić information content (AvgIpc) is 3.62. The second kappa shape index (κ2) is 13.5. The van der Waals surface area contributed by atoms with Crippen LogP contribution in [-0.4, -0.2) is 68.6 Å². The van der Waals surface area contributed by atoms with Crippen LogP contribution in [0.15, 0.2) is 55.0 Å². The number of carbonyl (C=O) groups is 2. The Kier molecular flexibility index (Phi) is 9.33. The lowest BCUT2D eigenvalue weighted by Crippen LogP contribution is -2.54. The molecular weight excluding hydrogens is 614 g/mol. The summed E-state index contributed by atoms with van der Waals surface area (Å²) in [5.74, 6) is 1.24. The van der Waals surface area contributed by atoms with Gasteiger partial charge in [0, 0.05) is 36.5 Å². The van der Waals surface area contributed by atoms with Gasteiger partial charge in [-0.25, -0.2) is 9.78 Å². The van der Waals surface area contributed by atoms with Crippen molar-refractivity contribution in [1.82, 2.24) is 19.7 Å². The second-order valence-corrected chi connectivity index (χ2v) is 16.1. The number of aliphatic hydroxyl groups is 1. The summed E-state index contributed by atoms with van der Waals surface area (Å²) in [5, 5.41) is 14.1. The van der Waals surface area contributed by atoms with Gasteiger partial charge >= 0.3 is 6.09 Å². The predicted octanol–water partition coefficient (Wildman–Crippen LogP) is 7.65. The molecule has 3 aromatic rings. The maximum Gasteiger partial charge on any atom is 0.410 e. The van der Waals surface area contributed by atoms with Gasteiger partial charge in [-0.1, -0.05) is 38.1 Å². The second-order valence-electron chi connectivity index (χ2n) is 16.1. The Balaban J connectivity index is 1.09. The number of aromatic nitrogens is 3. The summed E-state index contributed by atoms with van der Waals surface area (Å²) in [6.45, 7) is 10.1. The van der Waals surface area contributed by atoms with Crippen LogP contribution in [0.1, 0.15) is 115 Å². The molecule has 2 bridgehead atoms. The zero-order chi connectivity index (χ0) is 34.3. The van der Waals surface area contributed by atoms with Crippen molar-refractivity contribution in [3.63, 3.8) is 0 Å². The molecule has 1 aromatic carbocycles. The summed E-state index contributed by atoms with van der Waals surface area (Å²) in [7, 11) is 0. The lowest BCUT2D eigenvalue weighted by atomic mass is 9.51. The van der Waals surface area contributed by atoms with Crippen molar-refractivity contribution in [1.29, 1.82) is 0 Å². The first-order valence-electron chi connectivity index (χ1n) is 18.6. The number of ether oxygens (including phenoxy) is 1. The number of rotatable bonds is 9. The molecule has 1 saturated heterocycles. The van der Waals surface area contributed by atoms with Gasteiger partial charge in [-0.05, 0) is 124 Å². The molecule has 4 saturated carbocycles. The molecule has 3 heterocycles. The van der Waals surface area contributed by atoms with Gasteiger partial charge in [-0.2, -0.15) is 5.10 Å². The quantitative estimate of drug-likeness (QED) is 0.252. The molecule has 2 amide bonds. The number of hydrogen-bond donors (Lipinski definition) is 1. The fourth-order valence-electron chi connectivity index (χ4n) is 8.75. The maximum absolute atomic E-state index is 14.6. The standard InChI is InChI=1S/C40H53N5O4/c1-27(2)29-5-9-33(10-6-29)40-17-14-39(15-18-40,16-19-40)26-44(36-21-31(13-20-41-36)32-22-42-45(23-32)28(3)4)37(47)30-7-11-35(12-8-30)49-38(48)43-24-34(46)25-43/h5-6,9-10,13,20-23,27-28,30,34-35,46H,7-8,11-12,14-19,24-26H2,1-4H3. The number of pyridine rings is 1. The molecule has 0 radical (unpaired) electrons. The zero-order valence-corrected chi connectivity index (χ0v) is 29.7. The number of β-amino-alcohol motifs (C(OH)–C–C–N with tert-alkyl or cyclic N) is 1. The fourth-order valence-corrected chi connectivity index (χ4v) is 8.75. The number of likely N-dealkylation sites (tertiary alicyclic amines) is 1. The SMILES string of the molecule is CC(C)c1ccc(C23CCC(CN(C(=O)C4CCC(OC(=O)N5CC(O)C5)CC4)c4cc(-c5cnn(C(C)C)c5)ccn4)(CC2)CC3)cc1. The number of benzene rings is 1. The number of anilines is 1. The molecule has 5 fully saturated rings. The Morgan fingerprint density at radius 2 is 1.61 bits per heavy atom. The van der Waals surface area contributed by atoms with Crippen molar-refractivity contribution in [3.8, 4) is 11.1 Å². The highest BCUT2D eigenvalue weighted by molar-refractivity contribution is 5.95. The zero-order valence-electron chi connectivity index (χ0n) is 29.7. The molecular formula is C40H53N5O4. The highest BCUT2D eigenvalue weighted by Crippen LogP contribution is 2.58. The number of hydrogen-bond acceptors (Lipinski definition) is 6. The van der Waals surface area contributed by atoms with Crippen LogP contribution in [-0.2, 0) is 14.9 Å². The van der Waals surface area contributed by atoms with E-state index in [0.717, 1.165) is 49.7 Å². The van der Waals surface area contributed by atoms with Crippen LogP contribution in [0.4, 0.5) is 10.6 Å². The first-order chi connectivity index (χ1) is 23.5. The van der Waals surface area contributed by atoms with Crippen molar-refractivity contribution in [2.75, 3.05) is 24.5 Å². The lowest BCUT2D eigenvalue weighted by Gasteiger charge is -2.55. The van der Waals surface area contributed by atoms with E-state index >= 15 is 0 Å². The van der Waals surface area contributed by atoms with E-state index in [4.69, 9.17) is 9.72 Å². The van der Waals surface area contributed by atoms with Crippen molar-refractivity contribution < 1.29 is 19.4 Å². The molecule has 0 spiro atoms. The topological polar surface area (TPSA) is 101 Å². The Morgan fingerprint density at radius 1 is 0.939 bits per heavy atom. The number of amides is 2. The monoisotopic (exact) mass is 667 g/mol. The van der Waals surface area contributed by atoms with E-state index in [1.165, 1.54) is 16.0 Å². The molecule has 8 rings (SSSR count). The molecule has 0 unspecified atom stereocenters. The van der Waals surface area contributed by atoms with Crippen LogP contribution in [0.5, 0.6) is 0 Å². The van der Waals surface area contributed by atoms with E-state index in [-0.39, 0.29) is 40.9 Å². The maximum atomic E-state index is 14.6. The third-order valence-electron chi connectivity index (χ3n) is 12.2. The van der Waals surface area contributed by atoms with Gasteiger partial charge in [0.15, 0.2) is 0 Å². The third kappa shape index (κ3) is 6.88. The normalized spacial score (nSPS) is 27.0. The van der Waals surface area contributed by atoms with Gasteiger partial charge in [0.1, 0.15) is 11.9 Å². The minimum atomic E-state index is -0.453. The van der Waals surface area contributed by atoms with Gasteiger partial charge in [0.2, 0.25) is 5.91 Å². The van der Waals surface area contributed by atoms with Crippen molar-refractivity contribution in [2.45, 2.75) is 121 Å². The Hall–Kier alpha value is -3.72. The number of aliphatic hydroxyl groups excluding tert-OH is 1. The largest absolute Gasteiger partial charge is 0.446 e. The van der Waals surface area contributed by atoms with E-state index < -0.39 is 6.10 Å². The van der Waals surface area contributed by atoms with Gasteiger partial charge in [0.25, 0.3) is 0 Å². The molecule has 0 atom stereocenters. The first kappa shape index (κ1) is 33.8. The van der Waals surface area contributed by atoms with E-state index in [2.05, 4.69) is 69.3 Å². The van der Waals surface area contributed by atoms with Crippen molar-refractivity contribution in [3.05, 3.63) is 66.1 Å². The highest BCUT2D eigenvalue weighted by Gasteiger charge is 2.51. The molecule has 262 valence electrons. The fraction of sp³-hybridized carbons (Fsp3) is 0.600. The van der Waals surface area contributed by atoms with Gasteiger partial charge < -0.3 is 14.7 Å². The molecule has 2 aromatic heterocycles. The molecule has 1 N–H and O–H groups in total. The van der Waals surface area contributed by atoms with Crippen LogP contribution in [0, 0.1) is 11.3 Å². The Labute approximate surface area is 291 Å². The van der Waals surface area contributed by atoms with Crippen LogP contribution >= 0.6 is 0 Å². The Bertz CT molecular complexity index is 1610. The van der Waals surface area contributed by atoms with Gasteiger partial charge in [-0.3, -0.25) is 14.4 Å². The summed E-state index contributed by atoms with van der Waals surface area (Å²) in [6, 6.07) is 13.7. The first-order valence-corrected chi connectivity index (χ1v) is 18.6. The molecule has 5 aliphatic rings. The van der Waals surface area contributed by atoms with Crippen molar-refractivity contribution in [2.24, 2.45) is 11.3 Å². The van der Waals surface area contributed by atoms with Crippen LogP contribution in [0.2, 0.25) is 0 Å². The lowest BCUT2D eigenvalue weighted by molar-refractivity contribution is -0.124. The summed E-state index contributed by atoms with van der Waals surface area (Å²) in [5.41, 5.74) is 5.22. The highest BCUT2D eigenvalue weighted by atomic mass is 16.6. The number of fused-ring (bicyclic) bond motifs is 3. The van der Waals surface area contributed by atoms with E-state index in [9.17, 15) is 14.7 Å². The van der Waals surface area contributed by atoms with Gasteiger partial charge in [-0.15, -0.1) is 0 Å². The summed E-state index contributed by atoms with van der Waals surface area (Å²) >= 11 is 0. The van der Waals surface area contributed by atoms with Crippen molar-refractivity contribution >= 4 is 17.8 Å². The summed E-state index contributed by atoms with van der Waals surface area (Å²) < 4.78 is 7.71.